The largest absolute Gasteiger partial charge is 0.398 e. The minimum atomic E-state index is -3.52. The Morgan fingerprint density at radius 3 is 2.76 bits per heavy atom. The molecule has 3 N–H and O–H groups in total. The molecule has 0 fully saturated rings. The summed E-state index contributed by atoms with van der Waals surface area (Å²) in [5.41, 5.74) is 6.04. The highest BCUT2D eigenvalue weighted by molar-refractivity contribution is 9.10. The first-order valence-corrected chi connectivity index (χ1v) is 7.32. The minimum absolute atomic E-state index is 0.161. The molecule has 1 atom stereocenters. The molecule has 94 valence electrons. The molecule has 0 bridgehead atoms. The predicted octanol–water partition coefficient (Wildman–Crippen LogP) is 2.27. The fourth-order valence-corrected chi connectivity index (χ4v) is 2.86. The average Bonchev–Trinajstić information content (AvgIpc) is 2.21. The molecule has 6 heteroatoms. The third kappa shape index (κ3) is 3.83. The van der Waals surface area contributed by atoms with Crippen LogP contribution in [0, 0.1) is 0 Å². The highest BCUT2D eigenvalue weighted by Gasteiger charge is 2.17. The molecule has 1 unspecified atom stereocenters. The number of nitrogens with one attached hydrogen (secondary N) is 1. The third-order valence-corrected chi connectivity index (χ3v) is 4.46. The number of anilines is 1. The normalized spacial score (nSPS) is 13.3. The lowest BCUT2D eigenvalue weighted by atomic mass is 10.3. The van der Waals surface area contributed by atoms with Gasteiger partial charge in [-0.25, -0.2) is 13.1 Å². The summed E-state index contributed by atoms with van der Waals surface area (Å²) in [6, 6.07) is 4.35. The van der Waals surface area contributed by atoms with E-state index in [1.807, 2.05) is 0 Å². The first-order valence-electron chi connectivity index (χ1n) is 5.05. The number of nitrogen functional groups attached to an aromatic ring is 1. The summed E-state index contributed by atoms with van der Waals surface area (Å²) < 4.78 is 27.2. The lowest BCUT2D eigenvalue weighted by molar-refractivity contribution is 0.562. The summed E-state index contributed by atoms with van der Waals surface area (Å²) in [6.07, 6.45) is 2.24. The van der Waals surface area contributed by atoms with E-state index in [9.17, 15) is 8.42 Å². The van der Waals surface area contributed by atoms with Crippen molar-refractivity contribution >= 4 is 31.6 Å². The summed E-state index contributed by atoms with van der Waals surface area (Å²) in [4.78, 5) is 0.161. The fraction of sp³-hybridized carbons (Fsp3) is 0.273. The van der Waals surface area contributed by atoms with Crippen molar-refractivity contribution in [1.82, 2.24) is 4.72 Å². The molecule has 0 radical (unpaired) electrons. The molecule has 1 aromatic carbocycles. The molecular formula is C11H15BrN2O2S. The van der Waals surface area contributed by atoms with Gasteiger partial charge in [-0.2, -0.15) is 0 Å². The lowest BCUT2D eigenvalue weighted by Gasteiger charge is -2.12. The van der Waals surface area contributed by atoms with E-state index in [0.717, 1.165) is 0 Å². The number of halogens is 1. The van der Waals surface area contributed by atoms with Crippen LogP contribution in [0.1, 0.15) is 13.3 Å². The maximum atomic E-state index is 12.0. The van der Waals surface area contributed by atoms with Gasteiger partial charge in [-0.1, -0.05) is 6.08 Å². The Morgan fingerprint density at radius 2 is 2.24 bits per heavy atom. The smallest absolute Gasteiger partial charge is 0.240 e. The van der Waals surface area contributed by atoms with Gasteiger partial charge in [-0.3, -0.25) is 0 Å². The van der Waals surface area contributed by atoms with Gasteiger partial charge in [0.05, 0.1) is 4.90 Å². The zero-order chi connectivity index (χ0) is 13.1. The molecule has 0 spiro atoms. The van der Waals surface area contributed by atoms with E-state index >= 15 is 0 Å². The van der Waals surface area contributed by atoms with E-state index in [1.54, 1.807) is 19.1 Å². The van der Waals surface area contributed by atoms with Crippen molar-refractivity contribution in [1.29, 1.82) is 0 Å². The van der Waals surface area contributed by atoms with Gasteiger partial charge in [0.15, 0.2) is 0 Å². The molecule has 0 aliphatic heterocycles. The highest BCUT2D eigenvalue weighted by atomic mass is 79.9. The van der Waals surface area contributed by atoms with Gasteiger partial charge in [-0.15, -0.1) is 6.58 Å². The second-order valence-corrected chi connectivity index (χ2v) is 6.30. The molecule has 0 amide bonds. The van der Waals surface area contributed by atoms with Crippen molar-refractivity contribution in [2.45, 2.75) is 24.3 Å². The van der Waals surface area contributed by atoms with E-state index in [4.69, 9.17) is 5.73 Å². The quantitative estimate of drug-likeness (QED) is 0.646. The molecule has 1 aromatic rings. The standard InChI is InChI=1S/C11H15BrN2O2S/c1-3-4-8(2)14-17(15,16)9-5-6-10(12)11(13)7-9/h3,5-8,14H,1,4,13H2,2H3. The van der Waals surface area contributed by atoms with Crippen LogP contribution in [-0.4, -0.2) is 14.5 Å². The Labute approximate surface area is 110 Å². The van der Waals surface area contributed by atoms with E-state index in [1.165, 1.54) is 12.1 Å². The number of rotatable bonds is 5. The monoisotopic (exact) mass is 318 g/mol. The Bertz CT molecular complexity index is 514. The number of sulfonamides is 1. The van der Waals surface area contributed by atoms with Crippen LogP contribution < -0.4 is 10.5 Å². The van der Waals surface area contributed by atoms with Crippen molar-refractivity contribution < 1.29 is 8.42 Å². The zero-order valence-corrected chi connectivity index (χ0v) is 11.9. The van der Waals surface area contributed by atoms with Crippen LogP contribution in [-0.2, 0) is 10.0 Å². The van der Waals surface area contributed by atoms with E-state index < -0.39 is 10.0 Å². The second kappa shape index (κ2) is 5.66. The van der Waals surface area contributed by atoms with Gasteiger partial charge in [0, 0.05) is 16.2 Å². The molecule has 4 nitrogen and oxygen atoms in total. The van der Waals surface area contributed by atoms with Crippen molar-refractivity contribution in [3.63, 3.8) is 0 Å². The van der Waals surface area contributed by atoms with Crippen molar-refractivity contribution in [3.05, 3.63) is 35.3 Å². The Morgan fingerprint density at radius 1 is 1.59 bits per heavy atom. The first kappa shape index (κ1) is 14.2. The van der Waals surface area contributed by atoms with Gasteiger partial charge in [0.25, 0.3) is 0 Å². The van der Waals surface area contributed by atoms with Crippen LogP contribution in [0.25, 0.3) is 0 Å². The fourth-order valence-electron chi connectivity index (χ4n) is 1.32. The second-order valence-electron chi connectivity index (χ2n) is 3.73. The summed E-state index contributed by atoms with van der Waals surface area (Å²) in [5, 5.41) is 0. The van der Waals surface area contributed by atoms with Gasteiger partial charge < -0.3 is 5.73 Å². The third-order valence-electron chi connectivity index (χ3n) is 2.15. The molecule has 1 rings (SSSR count). The topological polar surface area (TPSA) is 72.2 Å². The SMILES string of the molecule is C=CCC(C)NS(=O)(=O)c1ccc(Br)c(N)c1. The van der Waals surface area contributed by atoms with Gasteiger partial charge in [0.1, 0.15) is 0 Å². The van der Waals surface area contributed by atoms with Crippen molar-refractivity contribution in [2.75, 3.05) is 5.73 Å². The zero-order valence-electron chi connectivity index (χ0n) is 9.48. The Kier molecular flexibility index (Phi) is 4.73. The molecule has 0 saturated carbocycles. The average molecular weight is 319 g/mol. The first-order chi connectivity index (χ1) is 7.86. The Balaban J connectivity index is 2.97. The maximum absolute atomic E-state index is 12.0. The Hall–Kier alpha value is -0.850. The molecule has 0 heterocycles. The van der Waals surface area contributed by atoms with Crippen LogP contribution in [0.15, 0.2) is 40.2 Å². The van der Waals surface area contributed by atoms with Crippen LogP contribution >= 0.6 is 15.9 Å². The molecule has 0 aliphatic carbocycles. The van der Waals surface area contributed by atoms with E-state index in [2.05, 4.69) is 27.2 Å². The summed E-state index contributed by atoms with van der Waals surface area (Å²) in [7, 11) is -3.52. The van der Waals surface area contributed by atoms with Crippen LogP contribution in [0.2, 0.25) is 0 Å². The van der Waals surface area contributed by atoms with Crippen molar-refractivity contribution in [2.24, 2.45) is 0 Å². The van der Waals surface area contributed by atoms with Crippen LogP contribution in [0.5, 0.6) is 0 Å². The molecule has 0 aliphatic rings. The highest BCUT2D eigenvalue weighted by Crippen LogP contribution is 2.22. The lowest BCUT2D eigenvalue weighted by Crippen LogP contribution is -2.32. The van der Waals surface area contributed by atoms with Crippen LogP contribution in [0.4, 0.5) is 5.69 Å². The number of nitrogens with two attached hydrogens (primary N) is 1. The molecular weight excluding hydrogens is 304 g/mol. The molecule has 0 saturated heterocycles. The van der Waals surface area contributed by atoms with Gasteiger partial charge in [-0.05, 0) is 47.5 Å². The van der Waals surface area contributed by atoms with E-state index in [-0.39, 0.29) is 10.9 Å². The number of hydrogen-bond donors (Lipinski definition) is 2. The maximum Gasteiger partial charge on any atom is 0.240 e. The molecule has 0 aromatic heterocycles. The summed E-state index contributed by atoms with van der Waals surface area (Å²) in [5.74, 6) is 0. The van der Waals surface area contributed by atoms with Crippen LogP contribution in [0.3, 0.4) is 0 Å². The number of hydrogen-bond acceptors (Lipinski definition) is 3. The number of benzene rings is 1. The molecule has 17 heavy (non-hydrogen) atoms. The van der Waals surface area contributed by atoms with Gasteiger partial charge in [0.2, 0.25) is 10.0 Å². The minimum Gasteiger partial charge on any atom is -0.398 e. The summed E-state index contributed by atoms with van der Waals surface area (Å²) >= 11 is 3.22. The van der Waals surface area contributed by atoms with Crippen molar-refractivity contribution in [3.8, 4) is 0 Å². The summed E-state index contributed by atoms with van der Waals surface area (Å²) in [6.45, 7) is 5.35. The van der Waals surface area contributed by atoms with E-state index in [0.29, 0.717) is 16.6 Å². The van der Waals surface area contributed by atoms with Gasteiger partial charge >= 0.3 is 0 Å². The predicted molar refractivity (Wildman–Crippen MR) is 73.2 cm³/mol.